The molecule has 0 aromatic carbocycles. The third-order valence-electron chi connectivity index (χ3n) is 9.30. The summed E-state index contributed by atoms with van der Waals surface area (Å²) < 4.78 is 5.24. The Morgan fingerprint density at radius 3 is 2.84 bits per heavy atom. The standard InChI is InChI=1S/C21H31NO3/c1-3-20-9-8-19(12-23)14(11-22-20)6-4-13-5-7-15-16(18(24)25-2)10-21(19,20)17(13)15/h14-16,22-23H,3-12H2,1-2H3/t14-,15-,16-,19-,20+,21-/m1/s1. The zero-order valence-electron chi connectivity index (χ0n) is 15.6. The second-order valence-electron chi connectivity index (χ2n) is 9.27. The van der Waals surface area contributed by atoms with E-state index in [1.807, 2.05) is 0 Å². The number of carbonyl (C=O) groups excluding carboxylic acids is 1. The van der Waals surface area contributed by atoms with Crippen LogP contribution in [0.3, 0.4) is 0 Å². The molecular formula is C21H31NO3. The lowest BCUT2D eigenvalue weighted by molar-refractivity contribution is -0.148. The van der Waals surface area contributed by atoms with E-state index >= 15 is 0 Å². The Hall–Kier alpha value is -0.870. The second-order valence-corrected chi connectivity index (χ2v) is 9.27. The second kappa shape index (κ2) is 5.10. The summed E-state index contributed by atoms with van der Waals surface area (Å²) in [6.07, 6.45) is 8.85. The molecule has 4 nitrogen and oxygen atoms in total. The molecule has 1 spiro atoms. The first kappa shape index (κ1) is 16.3. The average molecular weight is 345 g/mol. The predicted molar refractivity (Wildman–Crippen MR) is 94.8 cm³/mol. The molecular weight excluding hydrogens is 314 g/mol. The minimum atomic E-state index is -0.0310. The number of carbonyl (C=O) groups is 1. The smallest absolute Gasteiger partial charge is 0.309 e. The first-order chi connectivity index (χ1) is 12.1. The van der Waals surface area contributed by atoms with Crippen LogP contribution in [-0.4, -0.2) is 36.9 Å². The van der Waals surface area contributed by atoms with Crippen LogP contribution in [-0.2, 0) is 9.53 Å². The van der Waals surface area contributed by atoms with Crippen molar-refractivity contribution < 1.29 is 14.6 Å². The molecule has 5 aliphatic rings. The fourth-order valence-corrected chi connectivity index (χ4v) is 8.38. The maximum Gasteiger partial charge on any atom is 0.309 e. The van der Waals surface area contributed by atoms with Gasteiger partial charge in [0.1, 0.15) is 0 Å². The minimum absolute atomic E-state index is 0.00824. The lowest BCUT2D eigenvalue weighted by atomic mass is 9.50. The molecule has 25 heavy (non-hydrogen) atoms. The molecule has 3 fully saturated rings. The molecule has 2 N–H and O–H groups in total. The van der Waals surface area contributed by atoms with Gasteiger partial charge in [-0.25, -0.2) is 0 Å². The Morgan fingerprint density at radius 2 is 2.12 bits per heavy atom. The molecule has 0 radical (unpaired) electrons. The molecule has 0 unspecified atom stereocenters. The molecule has 2 saturated carbocycles. The van der Waals surface area contributed by atoms with Crippen molar-refractivity contribution in [2.45, 2.75) is 63.8 Å². The van der Waals surface area contributed by atoms with Crippen molar-refractivity contribution in [2.75, 3.05) is 20.3 Å². The number of ether oxygens (including phenoxy) is 1. The highest BCUT2D eigenvalue weighted by molar-refractivity contribution is 5.75. The summed E-state index contributed by atoms with van der Waals surface area (Å²) in [6.45, 7) is 3.61. The number of hydrogen-bond donors (Lipinski definition) is 2. The van der Waals surface area contributed by atoms with Crippen LogP contribution in [0.25, 0.3) is 0 Å². The van der Waals surface area contributed by atoms with Gasteiger partial charge in [0, 0.05) is 23.0 Å². The van der Waals surface area contributed by atoms with Gasteiger partial charge in [-0.1, -0.05) is 18.1 Å². The first-order valence-electron chi connectivity index (χ1n) is 10.3. The fraction of sp³-hybridized carbons (Fsp3) is 0.857. The first-order valence-corrected chi connectivity index (χ1v) is 10.3. The van der Waals surface area contributed by atoms with Gasteiger partial charge in [-0.05, 0) is 69.7 Å². The van der Waals surface area contributed by atoms with Crippen molar-refractivity contribution in [1.82, 2.24) is 5.32 Å². The number of hydrogen-bond acceptors (Lipinski definition) is 4. The molecule has 0 aromatic heterocycles. The maximum atomic E-state index is 12.7. The Kier molecular flexibility index (Phi) is 3.33. The van der Waals surface area contributed by atoms with E-state index in [-0.39, 0.29) is 34.9 Å². The topological polar surface area (TPSA) is 58.6 Å². The number of methoxy groups -OCH3 is 1. The molecule has 4 bridgehead atoms. The molecule has 1 saturated heterocycles. The number of allylic oxidation sites excluding steroid dienone is 1. The van der Waals surface area contributed by atoms with Gasteiger partial charge in [0.15, 0.2) is 0 Å². The zero-order valence-corrected chi connectivity index (χ0v) is 15.6. The molecule has 1 heterocycles. The summed E-state index contributed by atoms with van der Waals surface area (Å²) in [5, 5.41) is 14.7. The number of nitrogens with one attached hydrogen (secondary N) is 1. The molecule has 0 amide bonds. The SMILES string of the molecule is CC[C@]12CC[C@@]3(CO)[C@H](CCC4=C5[C@H](CC4)[C@H](C(=O)OC)C[C@]513)CN2. The van der Waals surface area contributed by atoms with E-state index in [0.29, 0.717) is 11.8 Å². The van der Waals surface area contributed by atoms with Crippen molar-refractivity contribution >= 4 is 5.97 Å². The minimum Gasteiger partial charge on any atom is -0.469 e. The lowest BCUT2D eigenvalue weighted by Crippen LogP contribution is -2.67. The number of aliphatic hydroxyl groups excluding tert-OH is 1. The van der Waals surface area contributed by atoms with Gasteiger partial charge >= 0.3 is 5.97 Å². The highest BCUT2D eigenvalue weighted by atomic mass is 16.5. The van der Waals surface area contributed by atoms with E-state index in [1.54, 1.807) is 11.1 Å². The van der Waals surface area contributed by atoms with E-state index in [9.17, 15) is 9.90 Å². The Bertz CT molecular complexity index is 658. The van der Waals surface area contributed by atoms with Crippen LogP contribution in [0.4, 0.5) is 0 Å². The molecule has 0 aromatic rings. The molecule has 6 atom stereocenters. The van der Waals surface area contributed by atoms with Crippen LogP contribution in [0.1, 0.15) is 58.3 Å². The number of rotatable bonds is 3. The van der Waals surface area contributed by atoms with Crippen molar-refractivity contribution in [1.29, 1.82) is 0 Å². The van der Waals surface area contributed by atoms with Crippen LogP contribution in [0.15, 0.2) is 11.1 Å². The van der Waals surface area contributed by atoms with Gasteiger partial charge in [0.05, 0.1) is 13.0 Å². The third-order valence-corrected chi connectivity index (χ3v) is 9.30. The van der Waals surface area contributed by atoms with Gasteiger partial charge in [0.25, 0.3) is 0 Å². The van der Waals surface area contributed by atoms with Crippen LogP contribution in [0, 0.1) is 28.6 Å². The highest BCUT2D eigenvalue weighted by Crippen LogP contribution is 2.78. The summed E-state index contributed by atoms with van der Waals surface area (Å²) in [4.78, 5) is 12.7. The van der Waals surface area contributed by atoms with Crippen molar-refractivity contribution in [3.8, 4) is 0 Å². The van der Waals surface area contributed by atoms with E-state index in [0.717, 1.165) is 45.1 Å². The zero-order chi connectivity index (χ0) is 17.4. The van der Waals surface area contributed by atoms with E-state index in [2.05, 4.69) is 12.2 Å². The van der Waals surface area contributed by atoms with Gasteiger partial charge in [-0.3, -0.25) is 4.79 Å². The summed E-state index contributed by atoms with van der Waals surface area (Å²) in [5.41, 5.74) is 3.24. The lowest BCUT2D eigenvalue weighted by Gasteiger charge is -2.60. The summed E-state index contributed by atoms with van der Waals surface area (Å²) >= 11 is 0. The monoisotopic (exact) mass is 345 g/mol. The van der Waals surface area contributed by atoms with E-state index in [4.69, 9.17) is 4.74 Å². The molecule has 5 rings (SSSR count). The summed E-state index contributed by atoms with van der Waals surface area (Å²) in [6, 6.07) is 0. The molecule has 138 valence electrons. The molecule has 4 aliphatic carbocycles. The van der Waals surface area contributed by atoms with Crippen LogP contribution in [0.5, 0.6) is 0 Å². The van der Waals surface area contributed by atoms with Gasteiger partial charge in [-0.2, -0.15) is 0 Å². The Morgan fingerprint density at radius 1 is 1.32 bits per heavy atom. The van der Waals surface area contributed by atoms with Gasteiger partial charge < -0.3 is 15.2 Å². The van der Waals surface area contributed by atoms with Crippen molar-refractivity contribution in [2.24, 2.45) is 28.6 Å². The maximum absolute atomic E-state index is 12.7. The largest absolute Gasteiger partial charge is 0.469 e. The van der Waals surface area contributed by atoms with E-state index < -0.39 is 0 Å². The van der Waals surface area contributed by atoms with Crippen molar-refractivity contribution in [3.05, 3.63) is 11.1 Å². The number of aliphatic hydroxyl groups is 1. The summed E-state index contributed by atoms with van der Waals surface area (Å²) in [7, 11) is 1.53. The molecule has 1 aliphatic heterocycles. The average Bonchev–Trinajstić information content (AvgIpc) is 3.23. The molecule has 4 heteroatoms. The van der Waals surface area contributed by atoms with Gasteiger partial charge in [0.2, 0.25) is 0 Å². The van der Waals surface area contributed by atoms with Crippen LogP contribution >= 0.6 is 0 Å². The van der Waals surface area contributed by atoms with E-state index in [1.165, 1.54) is 20.0 Å². The van der Waals surface area contributed by atoms with Crippen LogP contribution < -0.4 is 5.32 Å². The fourth-order valence-electron chi connectivity index (χ4n) is 8.38. The van der Waals surface area contributed by atoms with Gasteiger partial charge in [-0.15, -0.1) is 0 Å². The number of esters is 1. The normalized spacial score (nSPS) is 50.0. The Labute approximate surface area is 150 Å². The highest BCUT2D eigenvalue weighted by Gasteiger charge is 2.77. The van der Waals surface area contributed by atoms with Crippen molar-refractivity contribution in [3.63, 3.8) is 0 Å². The predicted octanol–water partition coefficient (Wildman–Crippen LogP) is 2.81. The number of piperidine rings is 1. The third kappa shape index (κ3) is 1.57. The summed E-state index contributed by atoms with van der Waals surface area (Å²) in [5.74, 6) is 0.853. The van der Waals surface area contributed by atoms with Crippen LogP contribution in [0.2, 0.25) is 0 Å². The quantitative estimate of drug-likeness (QED) is 0.610. The Balaban J connectivity index is 1.78.